The molecule has 0 unspecified atom stereocenters. The van der Waals surface area contributed by atoms with Crippen LogP contribution in [0.3, 0.4) is 0 Å². The quantitative estimate of drug-likeness (QED) is 0.0608. The van der Waals surface area contributed by atoms with Crippen molar-refractivity contribution in [3.05, 3.63) is 90.6 Å². The van der Waals surface area contributed by atoms with E-state index in [0.717, 1.165) is 105 Å². The fourth-order valence-corrected chi connectivity index (χ4v) is 8.82. The van der Waals surface area contributed by atoms with Crippen LogP contribution in [0.15, 0.2) is 79.3 Å². The molecule has 5 heterocycles. The van der Waals surface area contributed by atoms with Crippen LogP contribution in [0.1, 0.15) is 74.5 Å². The number of aryl methyl sites for hydroxylation is 1. The van der Waals surface area contributed by atoms with E-state index in [1.807, 2.05) is 55.5 Å². The van der Waals surface area contributed by atoms with Crippen molar-refractivity contribution in [3.63, 3.8) is 0 Å². The van der Waals surface area contributed by atoms with Gasteiger partial charge in [0.15, 0.2) is 34.4 Å². The van der Waals surface area contributed by atoms with Crippen molar-refractivity contribution in [2.75, 3.05) is 10.6 Å². The molecule has 15 nitrogen and oxygen atoms in total. The third-order valence-corrected chi connectivity index (χ3v) is 11.9. The number of ketones is 1. The number of nitrogens with zero attached hydrogens (tertiary/aromatic N) is 5. The number of pyridine rings is 2. The third-order valence-electron chi connectivity index (χ3n) is 9.98. The molecule has 0 amide bonds. The van der Waals surface area contributed by atoms with Gasteiger partial charge in [-0.2, -0.15) is 0 Å². The highest BCUT2D eigenvalue weighted by Gasteiger charge is 2.25. The summed E-state index contributed by atoms with van der Waals surface area (Å²) in [4.78, 5) is 54.5. The van der Waals surface area contributed by atoms with Crippen LogP contribution in [0.25, 0.3) is 32.0 Å². The summed E-state index contributed by atoms with van der Waals surface area (Å²) in [7, 11) is 0. The first kappa shape index (κ1) is 43.0. The van der Waals surface area contributed by atoms with Crippen LogP contribution in [0.4, 0.5) is 10.3 Å². The number of hydrogen-bond acceptors (Lipinski definition) is 16. The van der Waals surface area contributed by atoms with Gasteiger partial charge in [0.1, 0.15) is 34.4 Å². The fraction of sp³-hybridized carbons (Fsp3) is 0.318. The van der Waals surface area contributed by atoms with Crippen LogP contribution >= 0.6 is 22.7 Å². The monoisotopic (exact) mass is 862 g/mol. The summed E-state index contributed by atoms with van der Waals surface area (Å²) in [6, 6.07) is 18.7. The normalized spacial score (nSPS) is 18.5. The molecule has 4 atom stereocenters. The van der Waals surface area contributed by atoms with E-state index in [2.05, 4.69) is 40.5 Å². The highest BCUT2D eigenvalue weighted by molar-refractivity contribution is 7.22. The van der Waals surface area contributed by atoms with E-state index in [-0.39, 0.29) is 30.6 Å². The van der Waals surface area contributed by atoms with Crippen molar-refractivity contribution >= 4 is 71.7 Å². The van der Waals surface area contributed by atoms with E-state index in [1.54, 1.807) is 53.4 Å². The molecule has 17 heteroatoms. The zero-order chi connectivity index (χ0) is 42.7. The largest absolute Gasteiger partial charge is 0.457 e. The van der Waals surface area contributed by atoms with Crippen LogP contribution in [0, 0.1) is 6.92 Å². The Hall–Kier alpha value is -6.14. The molecule has 7 aromatic rings. The molecule has 2 aromatic carbocycles. The molecule has 5 aromatic heterocycles. The van der Waals surface area contributed by atoms with Crippen molar-refractivity contribution in [1.82, 2.24) is 29.9 Å². The Balaban J connectivity index is 0.000000167. The zero-order valence-corrected chi connectivity index (χ0v) is 35.2. The number of Topliss-reactive ketones (excluding diaryl/α,β-unsaturated/α-hetero) is 1. The number of aliphatic hydroxyl groups is 2. The first-order valence-corrected chi connectivity index (χ1v) is 21.7. The lowest BCUT2D eigenvalue weighted by Crippen LogP contribution is -2.36. The maximum absolute atomic E-state index is 10.8. The number of carbonyl (C=O) groups is 3. The summed E-state index contributed by atoms with van der Waals surface area (Å²) in [5.41, 5.74) is 3.86. The van der Waals surface area contributed by atoms with Gasteiger partial charge in [0.05, 0.1) is 44.7 Å². The Kier molecular flexibility index (Phi) is 14.4. The maximum atomic E-state index is 10.8. The van der Waals surface area contributed by atoms with E-state index in [0.29, 0.717) is 29.2 Å². The van der Waals surface area contributed by atoms with Crippen molar-refractivity contribution in [2.45, 2.75) is 89.5 Å². The average Bonchev–Trinajstić information content (AvgIpc) is 4.00. The molecule has 9 rings (SSSR count). The van der Waals surface area contributed by atoms with Crippen LogP contribution in [0.2, 0.25) is 0 Å². The number of hydrogen-bond donors (Lipinski definition) is 5. The lowest BCUT2D eigenvalue weighted by molar-refractivity contribution is -0.128. The Morgan fingerprint density at radius 2 is 1.23 bits per heavy atom. The van der Waals surface area contributed by atoms with Gasteiger partial charge in [0.2, 0.25) is 0 Å². The van der Waals surface area contributed by atoms with E-state index in [4.69, 9.17) is 14.3 Å². The molecule has 316 valence electrons. The third kappa shape index (κ3) is 11.8. The topological polar surface area (TPSA) is 214 Å². The molecule has 2 fully saturated rings. The van der Waals surface area contributed by atoms with E-state index >= 15 is 0 Å². The van der Waals surface area contributed by atoms with Crippen molar-refractivity contribution < 1.29 is 34.1 Å². The van der Waals surface area contributed by atoms with Gasteiger partial charge in [-0.3, -0.25) is 24.4 Å². The highest BCUT2D eigenvalue weighted by atomic mass is 32.1. The Labute approximate surface area is 359 Å². The number of fused-ring (bicyclic) bond motifs is 2. The van der Waals surface area contributed by atoms with Crippen LogP contribution < -0.4 is 20.1 Å². The van der Waals surface area contributed by atoms with E-state index in [9.17, 15) is 19.8 Å². The second kappa shape index (κ2) is 20.4. The first-order valence-electron chi connectivity index (χ1n) is 20.0. The molecule has 2 saturated carbocycles. The standard InChI is InChI=1S/C22H23N5O2S.C19H19N3O3S.C3H4O2/c1-13-12-24-21(25-13)18-10-15(8-9-23-18)29-14-6-7-17-20(11-14)30-22(27-17)26-16-4-2-3-5-19(16)28;23-11-12-9-14(7-8-20-12)25-13-5-6-16-18(10-13)26-19(22-16)21-15-3-1-2-4-17(15)24;1-3(5)2-4/h6-12,16,19,28H,2-5H2,1H3,(H,24,25)(H,26,27);5-11,15,17,24H,1-4H2,(H,21,22);2H,1H3/t16-,19-;15-,17-;/m11./s1. The van der Waals surface area contributed by atoms with Gasteiger partial charge < -0.3 is 35.3 Å². The molecule has 0 bridgehead atoms. The number of H-pyrrole nitrogens is 1. The van der Waals surface area contributed by atoms with Gasteiger partial charge in [0.25, 0.3) is 0 Å². The molecule has 2 aliphatic rings. The molecule has 5 N–H and O–H groups in total. The number of nitrogens with one attached hydrogen (secondary N) is 3. The molecule has 0 aliphatic heterocycles. The molecular weight excluding hydrogens is 817 g/mol. The lowest BCUT2D eigenvalue weighted by atomic mass is 9.93. The number of aromatic nitrogens is 6. The number of anilines is 2. The van der Waals surface area contributed by atoms with Gasteiger partial charge >= 0.3 is 0 Å². The number of imidazole rings is 1. The van der Waals surface area contributed by atoms with Crippen molar-refractivity contribution in [2.24, 2.45) is 0 Å². The average molecular weight is 863 g/mol. The Bertz CT molecular complexity index is 2590. The fourth-order valence-electron chi connectivity index (χ4n) is 6.91. The van der Waals surface area contributed by atoms with Gasteiger partial charge in [-0.1, -0.05) is 48.4 Å². The van der Waals surface area contributed by atoms with E-state index < -0.39 is 5.78 Å². The molecule has 0 radical (unpaired) electrons. The second-order valence-electron chi connectivity index (χ2n) is 14.8. The summed E-state index contributed by atoms with van der Waals surface area (Å²) in [5, 5.41) is 28.8. The molecule has 0 saturated heterocycles. The number of benzene rings is 2. The summed E-state index contributed by atoms with van der Waals surface area (Å²) < 4.78 is 13.9. The zero-order valence-electron chi connectivity index (χ0n) is 33.6. The summed E-state index contributed by atoms with van der Waals surface area (Å²) in [6.45, 7) is 3.17. The molecule has 61 heavy (non-hydrogen) atoms. The summed E-state index contributed by atoms with van der Waals surface area (Å²) in [6.07, 6.45) is 13.5. The maximum Gasteiger partial charge on any atom is 0.192 e. The van der Waals surface area contributed by atoms with Crippen molar-refractivity contribution in [1.29, 1.82) is 0 Å². The minimum absolute atomic E-state index is 0.0682. The number of ether oxygens (including phenoxy) is 2. The highest BCUT2D eigenvalue weighted by Crippen LogP contribution is 2.35. The summed E-state index contributed by atoms with van der Waals surface area (Å²) >= 11 is 3.12. The lowest BCUT2D eigenvalue weighted by Gasteiger charge is -2.27. The van der Waals surface area contributed by atoms with Gasteiger partial charge in [-0.25, -0.2) is 15.0 Å². The smallest absolute Gasteiger partial charge is 0.192 e. The van der Waals surface area contributed by atoms with Crippen LogP contribution in [-0.4, -0.2) is 82.8 Å². The number of carbonyl (C=O) groups excluding carboxylic acids is 3. The minimum Gasteiger partial charge on any atom is -0.457 e. The van der Waals surface area contributed by atoms with Gasteiger partial charge in [0, 0.05) is 55.5 Å². The number of aldehydes is 2. The molecular formula is C44H46N8O7S2. The number of rotatable bonds is 11. The van der Waals surface area contributed by atoms with Crippen LogP contribution in [-0.2, 0) is 9.59 Å². The minimum atomic E-state index is -0.426. The number of aromatic amines is 1. The Morgan fingerprint density at radius 1 is 0.721 bits per heavy atom. The number of thiazole rings is 2. The SMILES string of the molecule is CC(=O)C=O.Cc1cnc(-c2cc(Oc3ccc4nc(N[C@@H]5CCCC[C@H]5O)sc4c3)ccn2)[nH]1.O=Cc1cc(Oc2ccc3nc(N[C@@H]4CCCC[C@H]4O)sc3c2)ccn1. The van der Waals surface area contributed by atoms with Crippen LogP contribution in [0.5, 0.6) is 23.0 Å². The molecule has 2 aliphatic carbocycles. The number of aliphatic hydroxyl groups excluding tert-OH is 2. The summed E-state index contributed by atoms with van der Waals surface area (Å²) in [5.74, 6) is 2.97. The van der Waals surface area contributed by atoms with E-state index in [1.165, 1.54) is 6.92 Å². The van der Waals surface area contributed by atoms with Gasteiger partial charge in [-0.05, 0) is 69.0 Å². The predicted molar refractivity (Wildman–Crippen MR) is 236 cm³/mol. The van der Waals surface area contributed by atoms with Crippen molar-refractivity contribution in [3.8, 4) is 34.5 Å². The van der Waals surface area contributed by atoms with Gasteiger partial charge in [-0.15, -0.1) is 0 Å². The second-order valence-corrected chi connectivity index (χ2v) is 16.8. The first-order chi connectivity index (χ1) is 29.6. The Morgan fingerprint density at radius 3 is 1.72 bits per heavy atom. The molecule has 0 spiro atoms. The predicted octanol–water partition coefficient (Wildman–Crippen LogP) is 8.68.